The molecule has 100 valence electrons. The van der Waals surface area contributed by atoms with Crippen LogP contribution < -0.4 is 5.32 Å². The van der Waals surface area contributed by atoms with Crippen molar-refractivity contribution in [2.75, 3.05) is 0 Å². The summed E-state index contributed by atoms with van der Waals surface area (Å²) < 4.78 is 0. The molecule has 0 spiro atoms. The van der Waals surface area contributed by atoms with Crippen molar-refractivity contribution in [2.24, 2.45) is 5.92 Å². The molecule has 0 aliphatic heterocycles. The SMILES string of the molecule is C[C@H](NCc1ccc(Cl)c(Cl)c1)C1CCCCC1. The standard InChI is InChI=1S/C15H21Cl2N/c1-11(13-5-3-2-4-6-13)18-10-12-7-8-14(16)15(17)9-12/h7-9,11,13,18H,2-6,10H2,1H3/t11-/m0/s1. The van der Waals surface area contributed by atoms with E-state index in [0.29, 0.717) is 16.1 Å². The molecule has 0 amide bonds. The minimum absolute atomic E-state index is 0.583. The lowest BCUT2D eigenvalue weighted by molar-refractivity contribution is 0.280. The summed E-state index contributed by atoms with van der Waals surface area (Å²) in [6.07, 6.45) is 6.94. The molecule has 0 aromatic heterocycles. The minimum Gasteiger partial charge on any atom is -0.310 e. The monoisotopic (exact) mass is 285 g/mol. The van der Waals surface area contributed by atoms with E-state index in [0.717, 1.165) is 12.5 Å². The molecule has 1 aromatic carbocycles. The Morgan fingerprint density at radius 3 is 2.56 bits per heavy atom. The summed E-state index contributed by atoms with van der Waals surface area (Å²) in [5, 5.41) is 4.88. The summed E-state index contributed by atoms with van der Waals surface area (Å²) in [5.41, 5.74) is 1.20. The third-order valence-corrected chi connectivity index (χ3v) is 4.71. The number of benzene rings is 1. The number of hydrogen-bond donors (Lipinski definition) is 1. The van der Waals surface area contributed by atoms with Gasteiger partial charge in [-0.25, -0.2) is 0 Å². The van der Waals surface area contributed by atoms with E-state index in [-0.39, 0.29) is 0 Å². The summed E-state index contributed by atoms with van der Waals surface area (Å²) >= 11 is 11.9. The molecule has 1 aliphatic rings. The van der Waals surface area contributed by atoms with E-state index < -0.39 is 0 Å². The van der Waals surface area contributed by atoms with Gasteiger partial charge in [0.25, 0.3) is 0 Å². The molecule has 0 heterocycles. The Balaban J connectivity index is 1.84. The zero-order chi connectivity index (χ0) is 13.0. The van der Waals surface area contributed by atoms with Crippen molar-refractivity contribution in [1.29, 1.82) is 0 Å². The third kappa shape index (κ3) is 3.88. The fourth-order valence-corrected chi connectivity index (χ4v) is 3.05. The van der Waals surface area contributed by atoms with Crippen molar-refractivity contribution in [3.63, 3.8) is 0 Å². The Morgan fingerprint density at radius 2 is 1.89 bits per heavy atom. The molecule has 1 fully saturated rings. The van der Waals surface area contributed by atoms with E-state index in [4.69, 9.17) is 23.2 Å². The average molecular weight is 286 g/mol. The van der Waals surface area contributed by atoms with Crippen LogP contribution in [0.3, 0.4) is 0 Å². The van der Waals surface area contributed by atoms with Gasteiger partial charge in [-0.3, -0.25) is 0 Å². The number of halogens is 2. The van der Waals surface area contributed by atoms with Crippen molar-refractivity contribution in [2.45, 2.75) is 51.6 Å². The normalized spacial score (nSPS) is 18.8. The number of rotatable bonds is 4. The van der Waals surface area contributed by atoms with Crippen molar-refractivity contribution in [3.05, 3.63) is 33.8 Å². The Kier molecular flexibility index (Phi) is 5.35. The largest absolute Gasteiger partial charge is 0.310 e. The highest BCUT2D eigenvalue weighted by molar-refractivity contribution is 6.42. The summed E-state index contributed by atoms with van der Waals surface area (Å²) in [7, 11) is 0. The van der Waals surface area contributed by atoms with Crippen LogP contribution in [-0.4, -0.2) is 6.04 Å². The number of hydrogen-bond acceptors (Lipinski definition) is 1. The first-order valence-electron chi connectivity index (χ1n) is 6.84. The maximum absolute atomic E-state index is 6.02. The predicted molar refractivity (Wildman–Crippen MR) is 79.3 cm³/mol. The Morgan fingerprint density at radius 1 is 1.17 bits per heavy atom. The molecule has 1 aliphatic carbocycles. The van der Waals surface area contributed by atoms with Crippen LogP contribution in [-0.2, 0) is 6.54 Å². The molecule has 1 saturated carbocycles. The lowest BCUT2D eigenvalue weighted by atomic mass is 9.84. The average Bonchev–Trinajstić information content (AvgIpc) is 2.41. The molecule has 0 unspecified atom stereocenters. The second-order valence-corrected chi connectivity index (χ2v) is 6.13. The molecule has 2 rings (SSSR count). The Bertz CT molecular complexity index is 386. The molecule has 1 atom stereocenters. The van der Waals surface area contributed by atoms with E-state index in [1.54, 1.807) is 0 Å². The van der Waals surface area contributed by atoms with Gasteiger partial charge in [0, 0.05) is 12.6 Å². The first-order chi connectivity index (χ1) is 8.66. The highest BCUT2D eigenvalue weighted by atomic mass is 35.5. The van der Waals surface area contributed by atoms with E-state index in [2.05, 4.69) is 12.2 Å². The lowest BCUT2D eigenvalue weighted by Gasteiger charge is -2.28. The fourth-order valence-electron chi connectivity index (χ4n) is 2.73. The van der Waals surface area contributed by atoms with Gasteiger partial charge in [0.1, 0.15) is 0 Å². The molecular formula is C15H21Cl2N. The van der Waals surface area contributed by atoms with Crippen LogP contribution >= 0.6 is 23.2 Å². The van der Waals surface area contributed by atoms with Gasteiger partial charge < -0.3 is 5.32 Å². The third-order valence-electron chi connectivity index (χ3n) is 3.97. The minimum atomic E-state index is 0.583. The summed E-state index contributed by atoms with van der Waals surface area (Å²) in [5.74, 6) is 0.835. The van der Waals surface area contributed by atoms with E-state index in [1.807, 2.05) is 18.2 Å². The van der Waals surface area contributed by atoms with Gasteiger partial charge in [-0.15, -0.1) is 0 Å². The maximum Gasteiger partial charge on any atom is 0.0595 e. The van der Waals surface area contributed by atoms with Crippen molar-refractivity contribution in [1.82, 2.24) is 5.32 Å². The van der Waals surface area contributed by atoms with Crippen LogP contribution in [0.25, 0.3) is 0 Å². The zero-order valence-corrected chi connectivity index (χ0v) is 12.4. The quantitative estimate of drug-likeness (QED) is 0.816. The summed E-state index contributed by atoms with van der Waals surface area (Å²) in [6.45, 7) is 3.17. The van der Waals surface area contributed by atoms with Crippen LogP contribution in [0, 0.1) is 5.92 Å². The molecule has 0 saturated heterocycles. The van der Waals surface area contributed by atoms with Gasteiger partial charge in [0.2, 0.25) is 0 Å². The van der Waals surface area contributed by atoms with Crippen LogP contribution in [0.15, 0.2) is 18.2 Å². The van der Waals surface area contributed by atoms with Crippen molar-refractivity contribution < 1.29 is 0 Å². The van der Waals surface area contributed by atoms with Gasteiger partial charge >= 0.3 is 0 Å². The molecule has 1 nitrogen and oxygen atoms in total. The lowest BCUT2D eigenvalue weighted by Crippen LogP contribution is -2.34. The van der Waals surface area contributed by atoms with Gasteiger partial charge in [-0.2, -0.15) is 0 Å². The highest BCUT2D eigenvalue weighted by Gasteiger charge is 2.19. The predicted octanol–water partition coefficient (Wildman–Crippen LogP) is 5.05. The molecule has 3 heteroatoms. The topological polar surface area (TPSA) is 12.0 Å². The second kappa shape index (κ2) is 6.79. The Labute approximate surface area is 120 Å². The van der Waals surface area contributed by atoms with Crippen molar-refractivity contribution in [3.8, 4) is 0 Å². The van der Waals surface area contributed by atoms with Gasteiger partial charge in [-0.05, 0) is 43.4 Å². The van der Waals surface area contributed by atoms with Gasteiger partial charge in [-0.1, -0.05) is 48.5 Å². The van der Waals surface area contributed by atoms with Crippen LogP contribution in [0.1, 0.15) is 44.6 Å². The van der Waals surface area contributed by atoms with Crippen molar-refractivity contribution >= 4 is 23.2 Å². The molecule has 1 N–H and O–H groups in total. The smallest absolute Gasteiger partial charge is 0.0595 e. The molecule has 0 bridgehead atoms. The van der Waals surface area contributed by atoms with E-state index >= 15 is 0 Å². The zero-order valence-electron chi connectivity index (χ0n) is 10.9. The summed E-state index contributed by atoms with van der Waals surface area (Å²) in [4.78, 5) is 0. The van der Waals surface area contributed by atoms with Crippen LogP contribution in [0.4, 0.5) is 0 Å². The second-order valence-electron chi connectivity index (χ2n) is 5.32. The first kappa shape index (κ1) is 14.2. The van der Waals surface area contributed by atoms with Gasteiger partial charge in [0.15, 0.2) is 0 Å². The molecule has 18 heavy (non-hydrogen) atoms. The van der Waals surface area contributed by atoms with E-state index in [1.165, 1.54) is 37.7 Å². The van der Waals surface area contributed by atoms with Gasteiger partial charge in [0.05, 0.1) is 10.0 Å². The van der Waals surface area contributed by atoms with Crippen LogP contribution in [0.2, 0.25) is 10.0 Å². The highest BCUT2D eigenvalue weighted by Crippen LogP contribution is 2.27. The number of nitrogens with one attached hydrogen (secondary N) is 1. The molecular weight excluding hydrogens is 265 g/mol. The molecule has 1 aromatic rings. The van der Waals surface area contributed by atoms with Crippen LogP contribution in [0.5, 0.6) is 0 Å². The first-order valence-corrected chi connectivity index (χ1v) is 7.59. The summed E-state index contributed by atoms with van der Waals surface area (Å²) in [6, 6.07) is 6.44. The molecule has 0 radical (unpaired) electrons. The maximum atomic E-state index is 6.02. The van der Waals surface area contributed by atoms with E-state index in [9.17, 15) is 0 Å². The fraction of sp³-hybridized carbons (Fsp3) is 0.600. The Hall–Kier alpha value is -0.240.